The van der Waals surface area contributed by atoms with Gasteiger partial charge in [-0.15, -0.1) is 0 Å². The SMILES string of the molecule is CC1(c2cncc3ccccc23)CCC(N)C1. The van der Waals surface area contributed by atoms with E-state index in [1.54, 1.807) is 0 Å². The van der Waals surface area contributed by atoms with E-state index in [1.807, 2.05) is 12.4 Å². The molecule has 2 heteroatoms. The van der Waals surface area contributed by atoms with Gasteiger partial charge in [0.15, 0.2) is 0 Å². The number of benzene rings is 1. The Hall–Kier alpha value is -1.41. The van der Waals surface area contributed by atoms with Gasteiger partial charge in [0.1, 0.15) is 0 Å². The predicted octanol–water partition coefficient (Wildman–Crippen LogP) is 3.00. The average Bonchev–Trinajstić information content (AvgIpc) is 2.70. The first-order valence-electron chi connectivity index (χ1n) is 6.28. The largest absolute Gasteiger partial charge is 0.328 e. The normalized spacial score (nSPS) is 28.7. The molecule has 1 aromatic heterocycles. The average molecular weight is 226 g/mol. The molecule has 1 fully saturated rings. The van der Waals surface area contributed by atoms with Gasteiger partial charge in [-0.1, -0.05) is 31.2 Å². The van der Waals surface area contributed by atoms with E-state index in [0.717, 1.165) is 12.8 Å². The van der Waals surface area contributed by atoms with Crippen LogP contribution >= 0.6 is 0 Å². The number of nitrogens with zero attached hydrogens (tertiary/aromatic N) is 1. The Labute approximate surface area is 102 Å². The van der Waals surface area contributed by atoms with Crippen LogP contribution in [0.4, 0.5) is 0 Å². The molecule has 1 saturated carbocycles. The highest BCUT2D eigenvalue weighted by molar-refractivity contribution is 5.85. The van der Waals surface area contributed by atoms with Crippen molar-refractivity contribution < 1.29 is 0 Å². The number of hydrogen-bond acceptors (Lipinski definition) is 2. The Morgan fingerprint density at radius 3 is 2.88 bits per heavy atom. The number of rotatable bonds is 1. The van der Waals surface area contributed by atoms with E-state index in [0.29, 0.717) is 6.04 Å². The summed E-state index contributed by atoms with van der Waals surface area (Å²) in [6.07, 6.45) is 7.34. The molecule has 2 aromatic rings. The van der Waals surface area contributed by atoms with Crippen molar-refractivity contribution in [2.75, 3.05) is 0 Å². The van der Waals surface area contributed by atoms with Crippen LogP contribution in [-0.4, -0.2) is 11.0 Å². The lowest BCUT2D eigenvalue weighted by atomic mass is 9.79. The first-order valence-corrected chi connectivity index (χ1v) is 6.28. The summed E-state index contributed by atoms with van der Waals surface area (Å²) in [5.41, 5.74) is 7.64. The molecular formula is C15H18N2. The summed E-state index contributed by atoms with van der Waals surface area (Å²) in [6, 6.07) is 8.84. The molecule has 17 heavy (non-hydrogen) atoms. The highest BCUT2D eigenvalue weighted by Crippen LogP contribution is 2.42. The molecule has 1 heterocycles. The first-order chi connectivity index (χ1) is 8.19. The van der Waals surface area contributed by atoms with Crippen LogP contribution in [0.1, 0.15) is 31.7 Å². The van der Waals surface area contributed by atoms with E-state index < -0.39 is 0 Å². The Bertz CT molecular complexity index is 544. The minimum Gasteiger partial charge on any atom is -0.328 e. The van der Waals surface area contributed by atoms with Gasteiger partial charge in [-0.3, -0.25) is 4.98 Å². The van der Waals surface area contributed by atoms with E-state index in [4.69, 9.17) is 5.73 Å². The van der Waals surface area contributed by atoms with E-state index in [-0.39, 0.29) is 5.41 Å². The van der Waals surface area contributed by atoms with Crippen molar-refractivity contribution >= 4 is 10.8 Å². The Morgan fingerprint density at radius 1 is 1.29 bits per heavy atom. The van der Waals surface area contributed by atoms with Gasteiger partial charge >= 0.3 is 0 Å². The van der Waals surface area contributed by atoms with Crippen LogP contribution in [0.25, 0.3) is 10.8 Å². The fourth-order valence-electron chi connectivity index (χ4n) is 3.13. The monoisotopic (exact) mass is 226 g/mol. The van der Waals surface area contributed by atoms with Crippen molar-refractivity contribution in [3.63, 3.8) is 0 Å². The number of aromatic nitrogens is 1. The molecule has 3 rings (SSSR count). The summed E-state index contributed by atoms with van der Waals surface area (Å²) in [4.78, 5) is 4.39. The van der Waals surface area contributed by atoms with Crippen molar-refractivity contribution in [2.24, 2.45) is 5.73 Å². The summed E-state index contributed by atoms with van der Waals surface area (Å²) < 4.78 is 0. The summed E-state index contributed by atoms with van der Waals surface area (Å²) >= 11 is 0. The second kappa shape index (κ2) is 3.81. The molecule has 0 saturated heterocycles. The maximum Gasteiger partial charge on any atom is 0.0346 e. The van der Waals surface area contributed by atoms with Gasteiger partial charge in [0.2, 0.25) is 0 Å². The molecule has 0 bridgehead atoms. The fraction of sp³-hybridized carbons (Fsp3) is 0.400. The maximum absolute atomic E-state index is 6.07. The minimum atomic E-state index is 0.202. The van der Waals surface area contributed by atoms with Crippen molar-refractivity contribution in [1.29, 1.82) is 0 Å². The molecule has 1 aromatic carbocycles. The lowest BCUT2D eigenvalue weighted by Crippen LogP contribution is -2.23. The Morgan fingerprint density at radius 2 is 2.12 bits per heavy atom. The van der Waals surface area contributed by atoms with Gasteiger partial charge < -0.3 is 5.73 Å². The number of fused-ring (bicyclic) bond motifs is 1. The fourth-order valence-corrected chi connectivity index (χ4v) is 3.13. The molecule has 0 radical (unpaired) electrons. The number of nitrogens with two attached hydrogens (primary N) is 1. The van der Waals surface area contributed by atoms with Crippen LogP contribution in [0.2, 0.25) is 0 Å². The third-order valence-electron chi connectivity index (χ3n) is 4.10. The van der Waals surface area contributed by atoms with Crippen molar-refractivity contribution in [3.05, 3.63) is 42.2 Å². The smallest absolute Gasteiger partial charge is 0.0346 e. The second-order valence-electron chi connectivity index (χ2n) is 5.47. The van der Waals surface area contributed by atoms with Gasteiger partial charge in [-0.25, -0.2) is 0 Å². The maximum atomic E-state index is 6.07. The van der Waals surface area contributed by atoms with Crippen molar-refractivity contribution in [2.45, 2.75) is 37.6 Å². The van der Waals surface area contributed by atoms with Crippen LogP contribution in [0, 0.1) is 0 Å². The highest BCUT2D eigenvalue weighted by atomic mass is 14.7. The lowest BCUT2D eigenvalue weighted by Gasteiger charge is -2.25. The molecule has 2 nitrogen and oxygen atoms in total. The van der Waals surface area contributed by atoms with E-state index in [9.17, 15) is 0 Å². The van der Waals surface area contributed by atoms with Crippen LogP contribution < -0.4 is 5.73 Å². The predicted molar refractivity (Wildman–Crippen MR) is 70.9 cm³/mol. The van der Waals surface area contributed by atoms with Gasteiger partial charge in [0, 0.05) is 23.8 Å². The zero-order valence-corrected chi connectivity index (χ0v) is 10.2. The molecule has 2 N–H and O–H groups in total. The Balaban J connectivity index is 2.17. The molecule has 0 aliphatic heterocycles. The molecule has 1 aliphatic carbocycles. The second-order valence-corrected chi connectivity index (χ2v) is 5.47. The highest BCUT2D eigenvalue weighted by Gasteiger charge is 2.36. The summed E-state index contributed by atoms with van der Waals surface area (Å²) in [5, 5.41) is 2.56. The third kappa shape index (κ3) is 1.73. The van der Waals surface area contributed by atoms with Crippen molar-refractivity contribution in [3.8, 4) is 0 Å². The van der Waals surface area contributed by atoms with E-state index in [2.05, 4.69) is 36.2 Å². The summed E-state index contributed by atoms with van der Waals surface area (Å²) in [6.45, 7) is 2.32. The molecule has 88 valence electrons. The third-order valence-corrected chi connectivity index (χ3v) is 4.10. The van der Waals surface area contributed by atoms with Gasteiger partial charge in [-0.2, -0.15) is 0 Å². The van der Waals surface area contributed by atoms with Crippen LogP contribution in [0.15, 0.2) is 36.7 Å². The van der Waals surface area contributed by atoms with Gasteiger partial charge in [-0.05, 0) is 35.6 Å². The summed E-state index contributed by atoms with van der Waals surface area (Å²) in [7, 11) is 0. The lowest BCUT2D eigenvalue weighted by molar-refractivity contribution is 0.485. The van der Waals surface area contributed by atoms with Crippen LogP contribution in [0.5, 0.6) is 0 Å². The molecular weight excluding hydrogens is 208 g/mol. The van der Waals surface area contributed by atoms with E-state index in [1.165, 1.54) is 22.8 Å². The standard InChI is InChI=1S/C15H18N2/c1-15(7-6-12(16)8-15)14-10-17-9-11-4-2-3-5-13(11)14/h2-5,9-10,12H,6-8,16H2,1H3. The first kappa shape index (κ1) is 10.7. The Kier molecular flexibility index (Phi) is 2.40. The molecule has 0 spiro atoms. The van der Waals surface area contributed by atoms with Gasteiger partial charge in [0.05, 0.1) is 0 Å². The number of pyridine rings is 1. The van der Waals surface area contributed by atoms with Crippen molar-refractivity contribution in [1.82, 2.24) is 4.98 Å². The molecule has 0 amide bonds. The zero-order valence-electron chi connectivity index (χ0n) is 10.2. The van der Waals surface area contributed by atoms with Crippen LogP contribution in [-0.2, 0) is 5.41 Å². The van der Waals surface area contributed by atoms with Gasteiger partial charge in [0.25, 0.3) is 0 Å². The summed E-state index contributed by atoms with van der Waals surface area (Å²) in [5.74, 6) is 0. The topological polar surface area (TPSA) is 38.9 Å². The van der Waals surface area contributed by atoms with Crippen LogP contribution in [0.3, 0.4) is 0 Å². The van der Waals surface area contributed by atoms with E-state index >= 15 is 0 Å². The zero-order chi connectivity index (χ0) is 11.9. The molecule has 2 atom stereocenters. The minimum absolute atomic E-state index is 0.202. The number of hydrogen-bond donors (Lipinski definition) is 1. The molecule has 1 aliphatic rings. The quantitative estimate of drug-likeness (QED) is 0.811. The molecule has 2 unspecified atom stereocenters.